The van der Waals surface area contributed by atoms with Gasteiger partial charge in [0.15, 0.2) is 0 Å². The van der Waals surface area contributed by atoms with Crippen LogP contribution < -0.4 is 0 Å². The van der Waals surface area contributed by atoms with E-state index in [0.717, 1.165) is 13.1 Å². The van der Waals surface area contributed by atoms with Gasteiger partial charge < -0.3 is 4.74 Å². The molecular formula is C13H20N6O. The maximum absolute atomic E-state index is 5.26. The fourth-order valence-corrected chi connectivity index (χ4v) is 1.50. The summed E-state index contributed by atoms with van der Waals surface area (Å²) in [6.45, 7) is 8.81. The Hall–Kier alpha value is -1.89. The summed E-state index contributed by atoms with van der Waals surface area (Å²) in [5.41, 5.74) is 0.378. The molecule has 1 aliphatic rings. The predicted octanol–water partition coefficient (Wildman–Crippen LogP) is 3.29. The topological polar surface area (TPSA) is 74.8 Å². The van der Waals surface area contributed by atoms with Gasteiger partial charge in [-0.05, 0) is 32.9 Å². The third-order valence-electron chi connectivity index (χ3n) is 2.48. The second kappa shape index (κ2) is 6.51. The second-order valence-corrected chi connectivity index (χ2v) is 5.47. The second-order valence-electron chi connectivity index (χ2n) is 5.47. The molecule has 0 aliphatic carbocycles. The van der Waals surface area contributed by atoms with Gasteiger partial charge in [0.2, 0.25) is 5.82 Å². The molecule has 0 unspecified atom stereocenters. The summed E-state index contributed by atoms with van der Waals surface area (Å²) >= 11 is 0. The number of azo groups is 1. The van der Waals surface area contributed by atoms with E-state index < -0.39 is 0 Å². The van der Waals surface area contributed by atoms with Crippen molar-refractivity contribution in [3.63, 3.8) is 0 Å². The van der Waals surface area contributed by atoms with Crippen molar-refractivity contribution in [2.45, 2.75) is 26.3 Å². The van der Waals surface area contributed by atoms with Crippen molar-refractivity contribution in [3.8, 4) is 0 Å². The van der Waals surface area contributed by atoms with E-state index in [1.54, 1.807) is 6.20 Å². The Morgan fingerprint density at radius 2 is 1.95 bits per heavy atom. The summed E-state index contributed by atoms with van der Waals surface area (Å²) in [4.78, 5) is 4.19. The van der Waals surface area contributed by atoms with Crippen molar-refractivity contribution >= 4 is 11.5 Å². The Labute approximate surface area is 118 Å². The number of hydrogen-bond acceptors (Lipinski definition) is 6. The summed E-state index contributed by atoms with van der Waals surface area (Å²) < 4.78 is 5.26. The fourth-order valence-electron chi connectivity index (χ4n) is 1.50. The molecule has 1 fully saturated rings. The molecule has 0 amide bonds. The van der Waals surface area contributed by atoms with Crippen LogP contribution in [0.5, 0.6) is 0 Å². The van der Waals surface area contributed by atoms with E-state index in [1.807, 2.05) is 37.9 Å². The Kier molecular flexibility index (Phi) is 4.73. The molecule has 0 bridgehead atoms. The van der Waals surface area contributed by atoms with Crippen molar-refractivity contribution in [3.05, 3.63) is 18.3 Å². The number of nitrogens with zero attached hydrogens (tertiary/aromatic N) is 6. The van der Waals surface area contributed by atoms with Gasteiger partial charge in [-0.25, -0.2) is 4.98 Å². The molecule has 0 spiro atoms. The van der Waals surface area contributed by atoms with Crippen molar-refractivity contribution in [2.24, 2.45) is 20.6 Å². The molecule has 1 saturated heterocycles. The van der Waals surface area contributed by atoms with Crippen molar-refractivity contribution < 1.29 is 4.74 Å². The quantitative estimate of drug-likeness (QED) is 0.795. The molecular weight excluding hydrogens is 256 g/mol. The van der Waals surface area contributed by atoms with E-state index in [2.05, 4.69) is 25.5 Å². The summed E-state index contributed by atoms with van der Waals surface area (Å²) in [5.74, 6) is 0.486. The average molecular weight is 276 g/mol. The normalized spacial score (nSPS) is 17.2. The lowest BCUT2D eigenvalue weighted by Gasteiger charge is -2.22. The van der Waals surface area contributed by atoms with E-state index >= 15 is 0 Å². The summed E-state index contributed by atoms with van der Waals surface area (Å²) in [6, 6.07) is 3.64. The fraction of sp³-hybridized carbons (Fsp3) is 0.615. The summed E-state index contributed by atoms with van der Waals surface area (Å²) in [6.07, 6.45) is 1.67. The van der Waals surface area contributed by atoms with Crippen LogP contribution in [-0.4, -0.2) is 41.8 Å². The first-order valence-corrected chi connectivity index (χ1v) is 6.67. The molecule has 0 radical (unpaired) electrons. The maximum atomic E-state index is 5.26. The van der Waals surface area contributed by atoms with E-state index in [4.69, 9.17) is 4.74 Å². The molecule has 1 aromatic rings. The van der Waals surface area contributed by atoms with Crippen LogP contribution in [0.1, 0.15) is 20.8 Å². The predicted molar refractivity (Wildman–Crippen MR) is 75.4 cm³/mol. The summed E-state index contributed by atoms with van der Waals surface area (Å²) in [5, 5.41) is 18.6. The van der Waals surface area contributed by atoms with Crippen LogP contribution in [0.4, 0.5) is 11.5 Å². The van der Waals surface area contributed by atoms with Gasteiger partial charge in [-0.3, -0.25) is 5.01 Å². The number of aromatic nitrogens is 1. The molecule has 2 heterocycles. The Morgan fingerprint density at radius 1 is 1.20 bits per heavy atom. The molecule has 0 N–H and O–H groups in total. The van der Waals surface area contributed by atoms with E-state index in [1.165, 1.54) is 0 Å². The number of hydrogen-bond donors (Lipinski definition) is 0. The molecule has 0 aromatic carbocycles. The van der Waals surface area contributed by atoms with Gasteiger partial charge in [-0.1, -0.05) is 5.22 Å². The lowest BCUT2D eigenvalue weighted by Crippen LogP contribution is -2.31. The number of ether oxygens (including phenoxy) is 1. The van der Waals surface area contributed by atoms with E-state index in [9.17, 15) is 0 Å². The first-order valence-electron chi connectivity index (χ1n) is 6.67. The molecule has 108 valence electrons. The SMILES string of the molecule is CC(C)(C)N=Nc1ncccc1N=NN1CCOCC1. The Bertz CT molecular complexity index is 488. The zero-order valence-electron chi connectivity index (χ0n) is 12.2. The lowest BCUT2D eigenvalue weighted by atomic mass is 10.1. The van der Waals surface area contributed by atoms with Crippen molar-refractivity contribution in [1.82, 2.24) is 9.99 Å². The Balaban J connectivity index is 2.11. The minimum atomic E-state index is -0.240. The molecule has 7 heteroatoms. The number of morpholine rings is 1. The van der Waals surface area contributed by atoms with Crippen LogP contribution in [0, 0.1) is 0 Å². The zero-order valence-corrected chi connectivity index (χ0v) is 12.2. The third-order valence-corrected chi connectivity index (χ3v) is 2.48. The highest BCUT2D eigenvalue weighted by Crippen LogP contribution is 2.26. The first kappa shape index (κ1) is 14.5. The minimum Gasteiger partial charge on any atom is -0.378 e. The van der Waals surface area contributed by atoms with E-state index in [0.29, 0.717) is 24.7 Å². The molecule has 20 heavy (non-hydrogen) atoms. The van der Waals surface area contributed by atoms with E-state index in [-0.39, 0.29) is 5.54 Å². The number of rotatable bonds is 3. The molecule has 2 rings (SSSR count). The largest absolute Gasteiger partial charge is 0.378 e. The average Bonchev–Trinajstić information content (AvgIpc) is 2.44. The maximum Gasteiger partial charge on any atom is 0.201 e. The van der Waals surface area contributed by atoms with Crippen molar-refractivity contribution in [2.75, 3.05) is 26.3 Å². The van der Waals surface area contributed by atoms with Crippen LogP contribution >= 0.6 is 0 Å². The van der Waals surface area contributed by atoms with Crippen LogP contribution in [0.25, 0.3) is 0 Å². The Morgan fingerprint density at radius 3 is 2.65 bits per heavy atom. The third kappa shape index (κ3) is 4.65. The van der Waals surface area contributed by atoms with Gasteiger partial charge in [0.05, 0.1) is 31.8 Å². The van der Waals surface area contributed by atoms with Crippen LogP contribution in [-0.2, 0) is 4.74 Å². The van der Waals surface area contributed by atoms with Crippen molar-refractivity contribution in [1.29, 1.82) is 0 Å². The van der Waals surface area contributed by atoms with Gasteiger partial charge in [0.1, 0.15) is 5.69 Å². The lowest BCUT2D eigenvalue weighted by molar-refractivity contribution is 0.0354. The van der Waals surface area contributed by atoms with Gasteiger partial charge in [0.25, 0.3) is 0 Å². The van der Waals surface area contributed by atoms with Gasteiger partial charge in [0, 0.05) is 6.20 Å². The summed E-state index contributed by atoms with van der Waals surface area (Å²) in [7, 11) is 0. The van der Waals surface area contributed by atoms with Gasteiger partial charge in [-0.2, -0.15) is 5.11 Å². The molecule has 7 nitrogen and oxygen atoms in total. The van der Waals surface area contributed by atoms with Crippen LogP contribution in [0.15, 0.2) is 38.9 Å². The molecule has 1 aliphatic heterocycles. The number of pyridine rings is 1. The van der Waals surface area contributed by atoms with Crippen LogP contribution in [0.2, 0.25) is 0 Å². The van der Waals surface area contributed by atoms with Crippen LogP contribution in [0.3, 0.4) is 0 Å². The standard InChI is InChI=1S/C13H20N6O/c1-13(2,3)17-16-12-11(5-4-6-14-12)15-18-19-7-9-20-10-8-19/h4-6H,7-10H2,1-3H3. The highest BCUT2D eigenvalue weighted by atomic mass is 16.5. The highest BCUT2D eigenvalue weighted by Gasteiger charge is 2.10. The monoisotopic (exact) mass is 276 g/mol. The van der Waals surface area contributed by atoms with Gasteiger partial charge >= 0.3 is 0 Å². The first-order chi connectivity index (χ1) is 9.54. The minimum absolute atomic E-state index is 0.240. The molecule has 0 atom stereocenters. The molecule has 1 aromatic heterocycles. The highest BCUT2D eigenvalue weighted by molar-refractivity contribution is 5.54. The molecule has 0 saturated carbocycles. The van der Waals surface area contributed by atoms with Gasteiger partial charge in [-0.15, -0.1) is 10.2 Å². The smallest absolute Gasteiger partial charge is 0.201 e. The zero-order chi connectivity index (χ0) is 14.4.